The molecule has 2 aromatic carbocycles. The van der Waals surface area contributed by atoms with Gasteiger partial charge in [0, 0.05) is 47.2 Å². The summed E-state index contributed by atoms with van der Waals surface area (Å²) in [4.78, 5) is 130. The summed E-state index contributed by atoms with van der Waals surface area (Å²) in [5.74, 6) is -11.7. The fraction of sp³-hybridized carbons (Fsp3) is 0.480. The maximum Gasteiger partial charge on any atom is 0.350 e. The van der Waals surface area contributed by atoms with Crippen LogP contribution in [0.5, 0.6) is 0 Å². The summed E-state index contributed by atoms with van der Waals surface area (Å²) < 4.78 is 61.9. The second-order valence-electron chi connectivity index (χ2n) is 18.4. The number of fused-ring (bicyclic) bond motifs is 5. The first-order valence-corrected chi connectivity index (χ1v) is 22.5. The summed E-state index contributed by atoms with van der Waals surface area (Å²) in [6, 6.07) is 17.8. The molecule has 3 fully saturated rings. The molecule has 1 spiro atoms. The summed E-state index contributed by atoms with van der Waals surface area (Å²) >= 11 is 0. The van der Waals surface area contributed by atoms with Crippen molar-refractivity contribution in [1.29, 1.82) is 0 Å². The predicted octanol–water partition coefficient (Wildman–Crippen LogP) is 3.14. The third-order valence-electron chi connectivity index (χ3n) is 13.5. The molecule has 1 saturated heterocycles. The molecule has 2 aliphatic heterocycles. The van der Waals surface area contributed by atoms with Gasteiger partial charge in [0.25, 0.3) is 0 Å². The van der Waals surface area contributed by atoms with Gasteiger partial charge in [0.1, 0.15) is 42.0 Å². The van der Waals surface area contributed by atoms with Crippen LogP contribution in [0.25, 0.3) is 0 Å². The first-order valence-electron chi connectivity index (χ1n) is 22.5. The molecular formula is C50H53NO20. The highest BCUT2D eigenvalue weighted by Crippen LogP contribution is 2.70. The number of carbonyl (C=O) groups is 9. The molecule has 3 aromatic rings. The minimum Gasteiger partial charge on any atom is -0.465 e. The molecule has 21 nitrogen and oxygen atoms in total. The zero-order chi connectivity index (χ0) is 51.8. The number of aliphatic hydroxyl groups is 1. The van der Waals surface area contributed by atoms with E-state index in [2.05, 4.69) is 4.98 Å². The van der Waals surface area contributed by atoms with Gasteiger partial charge in [-0.05, 0) is 63.6 Å². The Morgan fingerprint density at radius 3 is 1.79 bits per heavy atom. The molecule has 71 heavy (non-hydrogen) atoms. The van der Waals surface area contributed by atoms with Crippen LogP contribution in [-0.4, -0.2) is 136 Å². The topological polar surface area (TPSA) is 279 Å². The van der Waals surface area contributed by atoms with Crippen LogP contribution in [0.1, 0.15) is 98.6 Å². The molecule has 4 bridgehead atoms. The summed E-state index contributed by atoms with van der Waals surface area (Å²) in [5.41, 5.74) is -13.5. The molecule has 2 saturated carbocycles. The predicted molar refractivity (Wildman–Crippen MR) is 236 cm³/mol. The lowest BCUT2D eigenvalue weighted by molar-refractivity contribution is -0.386. The second kappa shape index (κ2) is 19.5. The number of ether oxygens (including phenoxy) is 10. The van der Waals surface area contributed by atoms with E-state index < -0.39 is 144 Å². The lowest BCUT2D eigenvalue weighted by Crippen LogP contribution is -2.89. The van der Waals surface area contributed by atoms with E-state index in [9.17, 15) is 43.5 Å². The van der Waals surface area contributed by atoms with Crippen LogP contribution >= 0.6 is 0 Å². The van der Waals surface area contributed by atoms with Crippen LogP contribution in [0.4, 0.5) is 0 Å². The van der Waals surface area contributed by atoms with Crippen molar-refractivity contribution in [2.75, 3.05) is 13.2 Å². The molecule has 1 aromatic heterocycles. The quantitative estimate of drug-likeness (QED) is 0.226. The van der Waals surface area contributed by atoms with Gasteiger partial charge in [0.15, 0.2) is 30.0 Å². The van der Waals surface area contributed by atoms with Crippen LogP contribution in [0.3, 0.4) is 0 Å². The first kappa shape index (κ1) is 51.6. The fourth-order valence-electron chi connectivity index (χ4n) is 10.7. The van der Waals surface area contributed by atoms with E-state index in [1.165, 1.54) is 68.6 Å². The molecule has 378 valence electrons. The Bertz CT molecular complexity index is 2620. The molecule has 1 N–H and O–H groups in total. The van der Waals surface area contributed by atoms with Crippen molar-refractivity contribution in [1.82, 2.24) is 4.98 Å². The Hall–Kier alpha value is -7.26. The van der Waals surface area contributed by atoms with E-state index in [1.54, 1.807) is 24.3 Å². The van der Waals surface area contributed by atoms with Gasteiger partial charge < -0.3 is 52.5 Å². The molecule has 12 atom stereocenters. The Labute approximate surface area is 406 Å². The monoisotopic (exact) mass is 987 g/mol. The summed E-state index contributed by atoms with van der Waals surface area (Å²) in [6.07, 6.45) is -12.4. The molecule has 2 aliphatic carbocycles. The SMILES string of the molecule is CC(=O)OC[C@@]12[C@@H](OC(C)=O)[C@@H](OC(C)=O)[C@@H]3OC(=O)[C@@](C)(OC(=O)c4ccccc4)CCc4ncccc4C(=O)OC[C@]4(C)O[C@@]1([C@H](OC(=O)c1ccccc1)[C@H]4[C@H](OC(C)=O)[C@@H]2OC(C)=O)[C@]3(C)O. The molecule has 0 radical (unpaired) electrons. The summed E-state index contributed by atoms with van der Waals surface area (Å²) in [6.45, 7) is 6.32. The van der Waals surface area contributed by atoms with E-state index in [4.69, 9.17) is 47.4 Å². The number of cyclic esters (lactones) is 1. The number of aryl methyl sites for hydroxylation is 1. The van der Waals surface area contributed by atoms with Crippen molar-refractivity contribution in [2.24, 2.45) is 11.3 Å². The fourth-order valence-corrected chi connectivity index (χ4v) is 10.7. The number of hydrogen-bond acceptors (Lipinski definition) is 21. The molecular weight excluding hydrogens is 935 g/mol. The number of hydrogen-bond donors (Lipinski definition) is 1. The molecule has 4 aliphatic rings. The molecule has 7 rings (SSSR count). The molecule has 3 heterocycles. The van der Waals surface area contributed by atoms with Gasteiger partial charge >= 0.3 is 53.7 Å². The number of rotatable bonds is 10. The second-order valence-corrected chi connectivity index (χ2v) is 18.4. The smallest absolute Gasteiger partial charge is 0.350 e. The van der Waals surface area contributed by atoms with Crippen molar-refractivity contribution in [3.05, 3.63) is 101 Å². The third-order valence-corrected chi connectivity index (χ3v) is 13.5. The van der Waals surface area contributed by atoms with E-state index >= 15 is 4.79 Å². The van der Waals surface area contributed by atoms with E-state index in [1.807, 2.05) is 0 Å². The number of benzene rings is 2. The Morgan fingerprint density at radius 2 is 1.23 bits per heavy atom. The number of carbonyl (C=O) groups excluding carboxylic acids is 9. The van der Waals surface area contributed by atoms with Crippen molar-refractivity contribution < 1.29 is 95.6 Å². The minimum absolute atomic E-state index is 0.000141. The maximum absolute atomic E-state index is 15.3. The van der Waals surface area contributed by atoms with Gasteiger partial charge in [-0.3, -0.25) is 29.0 Å². The van der Waals surface area contributed by atoms with Crippen LogP contribution < -0.4 is 0 Å². The minimum atomic E-state index is -3.06. The standard InChI is InChI=1S/C50H53NO20/c1-26(52)62-25-49-40(66-29(4)55)36(64-27(2)53)35-38(68-42(57)31-16-11-9-12-17-31)50(49)48(8,61)39(37(65-28(3)54)41(49)67-30(5)56)69-45(60)46(6,70-43(58)32-18-13-10-14-19-32)22-21-34-33(20-15-23-51-34)44(59)63-24-47(35,7)71-50/h9-20,23,35-41,61H,21-22,24-25H2,1-8H3/t35-,36+,37+,38-,39+,40+,41+,46+,47+,48-,49-,50+/m1/s1. The average molecular weight is 988 g/mol. The summed E-state index contributed by atoms with van der Waals surface area (Å²) in [5, 5.41) is 14.0. The molecule has 21 heteroatoms. The van der Waals surface area contributed by atoms with E-state index in [-0.39, 0.29) is 28.8 Å². The largest absolute Gasteiger partial charge is 0.465 e. The molecule has 0 amide bonds. The maximum atomic E-state index is 15.3. The zero-order valence-corrected chi connectivity index (χ0v) is 40.0. The van der Waals surface area contributed by atoms with Crippen LogP contribution in [0, 0.1) is 11.3 Å². The van der Waals surface area contributed by atoms with Crippen LogP contribution in [0.15, 0.2) is 79.0 Å². The highest BCUT2D eigenvalue weighted by molar-refractivity contribution is 5.93. The van der Waals surface area contributed by atoms with E-state index in [0.29, 0.717) is 0 Å². The number of aromatic nitrogens is 1. The Balaban J connectivity index is 1.62. The number of nitrogens with zero attached hydrogens (tertiary/aromatic N) is 1. The van der Waals surface area contributed by atoms with Crippen molar-refractivity contribution in [3.8, 4) is 0 Å². The van der Waals surface area contributed by atoms with Crippen LogP contribution in [-0.2, 0) is 82.6 Å². The van der Waals surface area contributed by atoms with Crippen LogP contribution in [0.2, 0.25) is 0 Å². The Morgan fingerprint density at radius 1 is 0.676 bits per heavy atom. The van der Waals surface area contributed by atoms with Gasteiger partial charge in [-0.25, -0.2) is 19.2 Å². The van der Waals surface area contributed by atoms with Crippen molar-refractivity contribution >= 4 is 53.7 Å². The van der Waals surface area contributed by atoms with E-state index in [0.717, 1.165) is 41.5 Å². The van der Waals surface area contributed by atoms with Gasteiger partial charge in [0.05, 0.1) is 28.3 Å². The average Bonchev–Trinajstić information content (AvgIpc) is 3.53. The first-order chi connectivity index (χ1) is 33.4. The lowest BCUT2D eigenvalue weighted by atomic mass is 9.45. The third kappa shape index (κ3) is 9.19. The van der Waals surface area contributed by atoms with Gasteiger partial charge in [-0.1, -0.05) is 36.4 Å². The number of pyridine rings is 1. The van der Waals surface area contributed by atoms with Crippen molar-refractivity contribution in [2.45, 2.75) is 127 Å². The highest BCUT2D eigenvalue weighted by Gasteiger charge is 2.92. The lowest BCUT2D eigenvalue weighted by Gasteiger charge is -2.67. The normalized spacial score (nSPS) is 32.9. The Kier molecular flexibility index (Phi) is 14.2. The van der Waals surface area contributed by atoms with Gasteiger partial charge in [-0.2, -0.15) is 0 Å². The van der Waals surface area contributed by atoms with Gasteiger partial charge in [0.2, 0.25) is 5.60 Å². The summed E-state index contributed by atoms with van der Waals surface area (Å²) in [7, 11) is 0. The molecule has 0 unspecified atom stereocenters. The van der Waals surface area contributed by atoms with Crippen molar-refractivity contribution in [3.63, 3.8) is 0 Å². The zero-order valence-electron chi connectivity index (χ0n) is 40.0. The number of esters is 9. The van der Waals surface area contributed by atoms with Gasteiger partial charge in [-0.15, -0.1) is 0 Å². The highest BCUT2D eigenvalue weighted by atomic mass is 16.7.